The molecular formula is C11H20N2O. The highest BCUT2D eigenvalue weighted by atomic mass is 16.2. The molecule has 1 fully saturated rings. The van der Waals surface area contributed by atoms with Crippen molar-refractivity contribution >= 4 is 6.03 Å². The molecule has 3 nitrogen and oxygen atoms in total. The third kappa shape index (κ3) is 2.50. The first-order chi connectivity index (χ1) is 6.66. The molecule has 0 radical (unpaired) electrons. The first kappa shape index (κ1) is 11.1. The van der Waals surface area contributed by atoms with Gasteiger partial charge in [0.25, 0.3) is 0 Å². The Hall–Kier alpha value is -0.990. The summed E-state index contributed by atoms with van der Waals surface area (Å²) in [4.78, 5) is 15.8. The maximum absolute atomic E-state index is 12.0. The molecule has 0 bridgehead atoms. The van der Waals surface area contributed by atoms with Crippen LogP contribution in [0.15, 0.2) is 12.7 Å². The van der Waals surface area contributed by atoms with Crippen molar-refractivity contribution in [2.24, 2.45) is 0 Å². The second kappa shape index (κ2) is 5.03. The molecule has 0 unspecified atom stereocenters. The minimum Gasteiger partial charge on any atom is -0.325 e. The summed E-state index contributed by atoms with van der Waals surface area (Å²) in [7, 11) is 0. The van der Waals surface area contributed by atoms with Gasteiger partial charge in [0, 0.05) is 25.7 Å². The molecule has 1 saturated heterocycles. The monoisotopic (exact) mass is 196 g/mol. The summed E-state index contributed by atoms with van der Waals surface area (Å²) >= 11 is 0. The van der Waals surface area contributed by atoms with Crippen LogP contribution in [0, 0.1) is 0 Å². The minimum atomic E-state index is 0.164. The molecular weight excluding hydrogens is 176 g/mol. The van der Waals surface area contributed by atoms with Crippen molar-refractivity contribution in [2.75, 3.05) is 19.6 Å². The Labute approximate surface area is 86.4 Å². The SMILES string of the molecule is C=CCN(C(=O)N1CCCC1)C(C)C. The van der Waals surface area contributed by atoms with E-state index in [2.05, 4.69) is 6.58 Å². The summed E-state index contributed by atoms with van der Waals surface area (Å²) < 4.78 is 0. The van der Waals surface area contributed by atoms with E-state index in [9.17, 15) is 4.79 Å². The zero-order valence-electron chi connectivity index (χ0n) is 9.20. The average molecular weight is 196 g/mol. The number of amides is 2. The molecule has 0 N–H and O–H groups in total. The van der Waals surface area contributed by atoms with E-state index >= 15 is 0 Å². The first-order valence-electron chi connectivity index (χ1n) is 5.33. The summed E-state index contributed by atoms with van der Waals surface area (Å²) in [6.07, 6.45) is 4.07. The van der Waals surface area contributed by atoms with Gasteiger partial charge in [-0.25, -0.2) is 4.79 Å². The Morgan fingerprint density at radius 2 is 2.07 bits per heavy atom. The van der Waals surface area contributed by atoms with Gasteiger partial charge in [-0.15, -0.1) is 6.58 Å². The van der Waals surface area contributed by atoms with E-state index in [0.29, 0.717) is 6.54 Å². The standard InChI is InChI=1S/C11H20N2O/c1-4-7-13(10(2)3)11(14)12-8-5-6-9-12/h4,10H,1,5-9H2,2-3H3. The second-order valence-electron chi connectivity index (χ2n) is 4.01. The predicted molar refractivity (Wildman–Crippen MR) is 58.2 cm³/mol. The number of likely N-dealkylation sites (tertiary alicyclic amines) is 1. The van der Waals surface area contributed by atoms with E-state index in [1.807, 2.05) is 23.6 Å². The number of hydrogen-bond acceptors (Lipinski definition) is 1. The summed E-state index contributed by atoms with van der Waals surface area (Å²) in [6.45, 7) is 10.2. The van der Waals surface area contributed by atoms with Crippen LogP contribution in [0.25, 0.3) is 0 Å². The summed E-state index contributed by atoms with van der Waals surface area (Å²) in [5, 5.41) is 0. The van der Waals surface area contributed by atoms with Crippen LogP contribution in [-0.2, 0) is 0 Å². The lowest BCUT2D eigenvalue weighted by atomic mass is 10.3. The normalized spacial score (nSPS) is 16.1. The molecule has 1 aliphatic heterocycles. The molecule has 0 aromatic heterocycles. The Morgan fingerprint density at radius 1 is 1.50 bits per heavy atom. The van der Waals surface area contributed by atoms with Gasteiger partial charge in [0.2, 0.25) is 0 Å². The lowest BCUT2D eigenvalue weighted by molar-refractivity contribution is 0.155. The second-order valence-corrected chi connectivity index (χ2v) is 4.01. The fourth-order valence-corrected chi connectivity index (χ4v) is 1.74. The number of nitrogens with zero attached hydrogens (tertiary/aromatic N) is 2. The molecule has 0 spiro atoms. The van der Waals surface area contributed by atoms with Gasteiger partial charge in [-0.1, -0.05) is 6.08 Å². The fraction of sp³-hybridized carbons (Fsp3) is 0.727. The van der Waals surface area contributed by atoms with Crippen LogP contribution in [0.1, 0.15) is 26.7 Å². The van der Waals surface area contributed by atoms with Crippen molar-refractivity contribution in [1.29, 1.82) is 0 Å². The first-order valence-corrected chi connectivity index (χ1v) is 5.33. The van der Waals surface area contributed by atoms with Crippen molar-refractivity contribution < 1.29 is 4.79 Å². The third-order valence-electron chi connectivity index (χ3n) is 2.57. The molecule has 2 amide bonds. The van der Waals surface area contributed by atoms with E-state index in [4.69, 9.17) is 0 Å². The van der Waals surface area contributed by atoms with Gasteiger partial charge in [0.1, 0.15) is 0 Å². The lowest BCUT2D eigenvalue weighted by Crippen LogP contribution is -2.45. The fourth-order valence-electron chi connectivity index (χ4n) is 1.74. The largest absolute Gasteiger partial charge is 0.325 e. The number of rotatable bonds is 3. The zero-order chi connectivity index (χ0) is 10.6. The Bertz CT molecular complexity index is 207. The van der Waals surface area contributed by atoms with Crippen LogP contribution in [0.4, 0.5) is 4.79 Å². The average Bonchev–Trinajstić information content (AvgIpc) is 2.65. The highest BCUT2D eigenvalue weighted by Crippen LogP contribution is 2.12. The van der Waals surface area contributed by atoms with Crippen LogP contribution >= 0.6 is 0 Å². The molecule has 0 saturated carbocycles. The van der Waals surface area contributed by atoms with Crippen LogP contribution < -0.4 is 0 Å². The van der Waals surface area contributed by atoms with E-state index in [1.54, 1.807) is 6.08 Å². The van der Waals surface area contributed by atoms with E-state index in [1.165, 1.54) is 0 Å². The van der Waals surface area contributed by atoms with E-state index < -0.39 is 0 Å². The van der Waals surface area contributed by atoms with Gasteiger partial charge < -0.3 is 9.80 Å². The van der Waals surface area contributed by atoms with Crippen LogP contribution in [-0.4, -0.2) is 41.5 Å². The molecule has 80 valence electrons. The van der Waals surface area contributed by atoms with Gasteiger partial charge in [-0.05, 0) is 26.7 Å². The number of hydrogen-bond donors (Lipinski definition) is 0. The highest BCUT2D eigenvalue weighted by Gasteiger charge is 2.24. The molecule has 0 atom stereocenters. The smallest absolute Gasteiger partial charge is 0.320 e. The zero-order valence-corrected chi connectivity index (χ0v) is 9.20. The van der Waals surface area contributed by atoms with Crippen molar-refractivity contribution in [3.63, 3.8) is 0 Å². The van der Waals surface area contributed by atoms with Crippen molar-refractivity contribution in [3.8, 4) is 0 Å². The number of urea groups is 1. The predicted octanol–water partition coefficient (Wildman–Crippen LogP) is 2.10. The van der Waals surface area contributed by atoms with E-state index in [0.717, 1.165) is 25.9 Å². The van der Waals surface area contributed by atoms with Crippen molar-refractivity contribution in [3.05, 3.63) is 12.7 Å². The third-order valence-corrected chi connectivity index (χ3v) is 2.57. The quantitative estimate of drug-likeness (QED) is 0.634. The van der Waals surface area contributed by atoms with Gasteiger partial charge in [-0.2, -0.15) is 0 Å². The molecule has 3 heteroatoms. The minimum absolute atomic E-state index is 0.164. The molecule has 1 heterocycles. The maximum Gasteiger partial charge on any atom is 0.320 e. The van der Waals surface area contributed by atoms with Crippen LogP contribution in [0.5, 0.6) is 0 Å². The lowest BCUT2D eigenvalue weighted by Gasteiger charge is -2.30. The number of carbonyl (C=O) groups is 1. The summed E-state index contributed by atoms with van der Waals surface area (Å²) in [5.41, 5.74) is 0. The number of carbonyl (C=O) groups excluding carboxylic acids is 1. The van der Waals surface area contributed by atoms with Gasteiger partial charge >= 0.3 is 6.03 Å². The Morgan fingerprint density at radius 3 is 2.50 bits per heavy atom. The molecule has 1 rings (SSSR count). The van der Waals surface area contributed by atoms with Gasteiger partial charge in [0.15, 0.2) is 0 Å². The van der Waals surface area contributed by atoms with Crippen molar-refractivity contribution in [2.45, 2.75) is 32.7 Å². The molecule has 1 aliphatic rings. The van der Waals surface area contributed by atoms with Crippen LogP contribution in [0.3, 0.4) is 0 Å². The summed E-state index contributed by atoms with van der Waals surface area (Å²) in [5.74, 6) is 0. The Balaban J connectivity index is 2.57. The van der Waals surface area contributed by atoms with E-state index in [-0.39, 0.29) is 12.1 Å². The summed E-state index contributed by atoms with van der Waals surface area (Å²) in [6, 6.07) is 0.415. The van der Waals surface area contributed by atoms with Gasteiger partial charge in [-0.3, -0.25) is 0 Å². The molecule has 0 aromatic carbocycles. The van der Waals surface area contributed by atoms with Crippen molar-refractivity contribution in [1.82, 2.24) is 9.80 Å². The molecule has 0 aliphatic carbocycles. The van der Waals surface area contributed by atoms with Crippen LogP contribution in [0.2, 0.25) is 0 Å². The molecule has 0 aromatic rings. The Kier molecular flexibility index (Phi) is 3.98. The maximum atomic E-state index is 12.0. The topological polar surface area (TPSA) is 23.6 Å². The molecule has 14 heavy (non-hydrogen) atoms. The highest BCUT2D eigenvalue weighted by molar-refractivity contribution is 5.75. The van der Waals surface area contributed by atoms with Gasteiger partial charge in [0.05, 0.1) is 0 Å².